The van der Waals surface area contributed by atoms with Crippen molar-refractivity contribution in [1.82, 2.24) is 10.4 Å². The highest BCUT2D eigenvalue weighted by Gasteiger charge is 2.52. The van der Waals surface area contributed by atoms with E-state index in [1.54, 1.807) is 6.07 Å². The third-order valence-electron chi connectivity index (χ3n) is 3.93. The van der Waals surface area contributed by atoms with Crippen molar-refractivity contribution in [2.45, 2.75) is 5.54 Å². The van der Waals surface area contributed by atoms with Gasteiger partial charge < -0.3 is 4.84 Å². The van der Waals surface area contributed by atoms with E-state index in [1.165, 1.54) is 6.07 Å². The number of hydrogen-bond acceptors (Lipinski definition) is 3. The van der Waals surface area contributed by atoms with Crippen LogP contribution in [0.1, 0.15) is 5.56 Å². The molecule has 3 nitrogen and oxygen atoms in total. The first-order valence-electron chi connectivity index (χ1n) is 6.23. The minimum atomic E-state index is -0.408. The minimum absolute atomic E-state index is 0.166. The maximum Gasteiger partial charge on any atom is 0.128 e. The average molecular weight is 248 g/mol. The first-order valence-corrected chi connectivity index (χ1v) is 6.23. The highest BCUT2D eigenvalue weighted by Crippen LogP contribution is 2.41. The Balaban J connectivity index is 1.97. The van der Waals surface area contributed by atoms with Crippen LogP contribution in [-0.4, -0.2) is 31.1 Å². The second kappa shape index (κ2) is 4.46. The highest BCUT2D eigenvalue weighted by atomic mass is 19.1. The normalized spacial score (nSPS) is 31.5. The molecule has 1 aromatic rings. The van der Waals surface area contributed by atoms with Crippen molar-refractivity contribution in [2.24, 2.45) is 5.92 Å². The van der Waals surface area contributed by atoms with Crippen molar-refractivity contribution in [3.8, 4) is 0 Å². The molecule has 0 bridgehead atoms. The van der Waals surface area contributed by atoms with Gasteiger partial charge in [-0.3, -0.25) is 4.90 Å². The van der Waals surface area contributed by atoms with Gasteiger partial charge >= 0.3 is 0 Å². The van der Waals surface area contributed by atoms with Gasteiger partial charge in [0.1, 0.15) is 5.82 Å². The standard InChI is InChI=1S/C14H17FN2O/c1-2-7-17-8-11-9-18-16-14(11,10-17)12-5-3-4-6-13(12)15/h2-6,11,16H,1,7-10H2/t11-,14-/m1/s1. The molecule has 2 aliphatic rings. The first kappa shape index (κ1) is 11.8. The smallest absolute Gasteiger partial charge is 0.128 e. The number of benzene rings is 1. The van der Waals surface area contributed by atoms with E-state index in [-0.39, 0.29) is 11.7 Å². The number of fused-ring (bicyclic) bond motifs is 1. The lowest BCUT2D eigenvalue weighted by molar-refractivity contribution is 0.0480. The summed E-state index contributed by atoms with van der Waals surface area (Å²) in [6.45, 7) is 6.88. The lowest BCUT2D eigenvalue weighted by Crippen LogP contribution is -2.43. The lowest BCUT2D eigenvalue weighted by atomic mass is 9.82. The molecule has 2 saturated heterocycles. The number of nitrogens with one attached hydrogen (secondary N) is 1. The summed E-state index contributed by atoms with van der Waals surface area (Å²) in [6, 6.07) is 6.95. The van der Waals surface area contributed by atoms with Crippen molar-refractivity contribution in [1.29, 1.82) is 0 Å². The van der Waals surface area contributed by atoms with E-state index in [4.69, 9.17) is 4.84 Å². The van der Waals surface area contributed by atoms with E-state index >= 15 is 0 Å². The summed E-state index contributed by atoms with van der Waals surface area (Å²) in [7, 11) is 0. The van der Waals surface area contributed by atoms with Crippen LogP contribution in [0.5, 0.6) is 0 Å². The van der Waals surface area contributed by atoms with Crippen molar-refractivity contribution < 1.29 is 9.23 Å². The zero-order valence-electron chi connectivity index (χ0n) is 10.2. The zero-order valence-corrected chi connectivity index (χ0v) is 10.2. The molecule has 4 heteroatoms. The van der Waals surface area contributed by atoms with Crippen LogP contribution in [0.15, 0.2) is 36.9 Å². The minimum Gasteiger partial charge on any atom is -0.300 e. The molecule has 0 saturated carbocycles. The number of halogens is 1. The topological polar surface area (TPSA) is 24.5 Å². The fourth-order valence-electron chi connectivity index (χ4n) is 3.10. The molecular weight excluding hydrogens is 231 g/mol. The molecule has 0 radical (unpaired) electrons. The van der Waals surface area contributed by atoms with Crippen LogP contribution in [0.4, 0.5) is 4.39 Å². The van der Waals surface area contributed by atoms with Gasteiger partial charge in [-0.15, -0.1) is 6.58 Å². The van der Waals surface area contributed by atoms with Crippen LogP contribution in [0.25, 0.3) is 0 Å². The number of rotatable bonds is 3. The van der Waals surface area contributed by atoms with Gasteiger partial charge in [-0.1, -0.05) is 24.3 Å². The van der Waals surface area contributed by atoms with E-state index in [0.717, 1.165) is 19.6 Å². The molecule has 2 aliphatic heterocycles. The molecule has 0 spiro atoms. The average Bonchev–Trinajstić information content (AvgIpc) is 2.87. The number of hydrogen-bond donors (Lipinski definition) is 1. The predicted molar refractivity (Wildman–Crippen MR) is 67.3 cm³/mol. The van der Waals surface area contributed by atoms with Crippen molar-refractivity contribution in [2.75, 3.05) is 26.2 Å². The summed E-state index contributed by atoms with van der Waals surface area (Å²) in [6.07, 6.45) is 1.89. The second-order valence-corrected chi connectivity index (χ2v) is 5.04. The molecule has 0 aromatic heterocycles. The number of hydroxylamine groups is 1. The van der Waals surface area contributed by atoms with Crippen molar-refractivity contribution >= 4 is 0 Å². The summed E-state index contributed by atoms with van der Waals surface area (Å²) in [5.41, 5.74) is 3.36. The summed E-state index contributed by atoms with van der Waals surface area (Å²) >= 11 is 0. The van der Waals surface area contributed by atoms with Crippen LogP contribution in [0, 0.1) is 11.7 Å². The molecule has 1 N–H and O–H groups in total. The highest BCUT2D eigenvalue weighted by molar-refractivity contribution is 5.30. The largest absolute Gasteiger partial charge is 0.300 e. The fraction of sp³-hybridized carbons (Fsp3) is 0.429. The van der Waals surface area contributed by atoms with Crippen LogP contribution < -0.4 is 5.48 Å². The van der Waals surface area contributed by atoms with Crippen molar-refractivity contribution in [3.63, 3.8) is 0 Å². The van der Waals surface area contributed by atoms with Crippen LogP contribution in [0.2, 0.25) is 0 Å². The summed E-state index contributed by atoms with van der Waals surface area (Å²) < 4.78 is 14.1. The molecule has 96 valence electrons. The van der Waals surface area contributed by atoms with Crippen molar-refractivity contribution in [3.05, 3.63) is 48.3 Å². The van der Waals surface area contributed by atoms with Crippen LogP contribution >= 0.6 is 0 Å². The molecule has 2 heterocycles. The molecule has 18 heavy (non-hydrogen) atoms. The fourth-order valence-corrected chi connectivity index (χ4v) is 3.10. The van der Waals surface area contributed by atoms with Gasteiger partial charge in [0, 0.05) is 31.1 Å². The van der Waals surface area contributed by atoms with Crippen LogP contribution in [-0.2, 0) is 10.4 Å². The Bertz CT molecular complexity index is 465. The van der Waals surface area contributed by atoms with Gasteiger partial charge in [0.25, 0.3) is 0 Å². The van der Waals surface area contributed by atoms with E-state index in [2.05, 4.69) is 17.0 Å². The Morgan fingerprint density at radius 3 is 3.17 bits per heavy atom. The summed E-state index contributed by atoms with van der Waals surface area (Å²) in [4.78, 5) is 7.66. The first-order chi connectivity index (χ1) is 8.76. The Kier molecular flexibility index (Phi) is 2.93. The van der Waals surface area contributed by atoms with E-state index in [0.29, 0.717) is 12.2 Å². The molecular formula is C14H17FN2O. The molecule has 0 unspecified atom stereocenters. The Labute approximate surface area is 106 Å². The third-order valence-corrected chi connectivity index (χ3v) is 3.93. The lowest BCUT2D eigenvalue weighted by Gasteiger charge is -2.28. The van der Waals surface area contributed by atoms with Crippen LogP contribution in [0.3, 0.4) is 0 Å². The number of likely N-dealkylation sites (tertiary alicyclic amines) is 1. The Hall–Kier alpha value is -1.23. The molecule has 2 fully saturated rings. The van der Waals surface area contributed by atoms with Gasteiger partial charge in [-0.05, 0) is 6.07 Å². The monoisotopic (exact) mass is 248 g/mol. The van der Waals surface area contributed by atoms with Gasteiger partial charge in [0.05, 0.1) is 12.1 Å². The quantitative estimate of drug-likeness (QED) is 0.824. The second-order valence-electron chi connectivity index (χ2n) is 5.04. The van der Waals surface area contributed by atoms with E-state index < -0.39 is 5.54 Å². The summed E-state index contributed by atoms with van der Waals surface area (Å²) in [5, 5.41) is 0. The predicted octanol–water partition coefficient (Wildman–Crippen LogP) is 1.67. The zero-order chi connectivity index (χ0) is 12.6. The maximum atomic E-state index is 14.1. The molecule has 0 amide bonds. The maximum absolute atomic E-state index is 14.1. The van der Waals surface area contributed by atoms with E-state index in [1.807, 2.05) is 18.2 Å². The number of nitrogens with zero attached hydrogens (tertiary/aromatic N) is 1. The molecule has 1 aromatic carbocycles. The molecule has 3 rings (SSSR count). The van der Waals surface area contributed by atoms with Gasteiger partial charge in [0.15, 0.2) is 0 Å². The van der Waals surface area contributed by atoms with Gasteiger partial charge in [-0.2, -0.15) is 5.48 Å². The van der Waals surface area contributed by atoms with Gasteiger partial charge in [0.2, 0.25) is 0 Å². The van der Waals surface area contributed by atoms with Gasteiger partial charge in [-0.25, -0.2) is 4.39 Å². The summed E-state index contributed by atoms with van der Waals surface area (Å²) in [5.74, 6) is 0.121. The Morgan fingerprint density at radius 1 is 1.56 bits per heavy atom. The molecule has 2 atom stereocenters. The SMILES string of the molecule is C=CCN1C[C@@H]2CON[C@]2(c2ccccc2F)C1. The molecule has 0 aliphatic carbocycles. The Morgan fingerprint density at radius 2 is 2.39 bits per heavy atom. The van der Waals surface area contributed by atoms with E-state index in [9.17, 15) is 4.39 Å². The third kappa shape index (κ3) is 1.68.